The maximum absolute atomic E-state index is 12.4. The van der Waals surface area contributed by atoms with E-state index in [4.69, 9.17) is 10.5 Å². The summed E-state index contributed by atoms with van der Waals surface area (Å²) in [6.45, 7) is 7.03. The largest absolute Gasteiger partial charge is 0.457 e. The van der Waals surface area contributed by atoms with Gasteiger partial charge in [-0.3, -0.25) is 4.79 Å². The zero-order valence-corrected chi connectivity index (χ0v) is 14.6. The Balaban J connectivity index is 2.18. The number of rotatable bonds is 7. The average molecular weight is 326 g/mol. The Hall–Kier alpha value is -2.49. The summed E-state index contributed by atoms with van der Waals surface area (Å²) in [4.78, 5) is 12.4. The minimum absolute atomic E-state index is 0.162. The molecule has 0 aliphatic heterocycles. The second-order valence-electron chi connectivity index (χ2n) is 6.19. The molecule has 2 aromatic carbocycles. The molecule has 128 valence electrons. The van der Waals surface area contributed by atoms with Crippen molar-refractivity contribution in [1.82, 2.24) is 5.32 Å². The van der Waals surface area contributed by atoms with Crippen LogP contribution in [-0.2, 0) is 0 Å². The van der Waals surface area contributed by atoms with Crippen molar-refractivity contribution in [1.29, 1.82) is 0 Å². The minimum atomic E-state index is -0.162. The fraction of sp³-hybridized carbons (Fsp3) is 0.350. The molecule has 0 aliphatic rings. The van der Waals surface area contributed by atoms with Gasteiger partial charge in [-0.15, -0.1) is 0 Å². The fourth-order valence-corrected chi connectivity index (χ4v) is 2.34. The number of anilines is 1. The lowest BCUT2D eigenvalue weighted by Crippen LogP contribution is -2.24. The highest BCUT2D eigenvalue weighted by molar-refractivity contribution is 5.97. The van der Waals surface area contributed by atoms with Crippen molar-refractivity contribution in [3.05, 3.63) is 53.6 Å². The summed E-state index contributed by atoms with van der Waals surface area (Å²) in [6, 6.07) is 13.0. The highest BCUT2D eigenvalue weighted by Crippen LogP contribution is 2.28. The monoisotopic (exact) mass is 326 g/mol. The molecule has 0 bridgehead atoms. The van der Waals surface area contributed by atoms with Gasteiger partial charge in [0.15, 0.2) is 0 Å². The number of nitrogens with one attached hydrogen (secondary N) is 1. The number of nitrogens with two attached hydrogens (primary N) is 1. The molecule has 0 spiro atoms. The Labute approximate surface area is 144 Å². The molecule has 24 heavy (non-hydrogen) atoms. The normalized spacial score (nSPS) is 10.7. The molecule has 0 saturated carbocycles. The van der Waals surface area contributed by atoms with E-state index in [1.54, 1.807) is 18.2 Å². The summed E-state index contributed by atoms with van der Waals surface area (Å²) in [5.74, 6) is 1.52. The quantitative estimate of drug-likeness (QED) is 0.572. The van der Waals surface area contributed by atoms with Crippen molar-refractivity contribution in [2.24, 2.45) is 0 Å². The van der Waals surface area contributed by atoms with Gasteiger partial charge in [-0.05, 0) is 48.2 Å². The predicted octanol–water partition coefficient (Wildman–Crippen LogP) is 4.71. The first-order chi connectivity index (χ1) is 11.5. The van der Waals surface area contributed by atoms with Crippen molar-refractivity contribution >= 4 is 11.6 Å². The second-order valence-corrected chi connectivity index (χ2v) is 6.19. The predicted molar refractivity (Wildman–Crippen MR) is 98.7 cm³/mol. The van der Waals surface area contributed by atoms with E-state index < -0.39 is 0 Å². The number of hydrogen-bond donors (Lipinski definition) is 2. The summed E-state index contributed by atoms with van der Waals surface area (Å²) >= 11 is 0. The van der Waals surface area contributed by atoms with E-state index in [1.165, 1.54) is 5.56 Å². The van der Waals surface area contributed by atoms with Gasteiger partial charge in [0.25, 0.3) is 5.91 Å². The minimum Gasteiger partial charge on any atom is -0.457 e. The molecule has 0 aliphatic carbocycles. The molecule has 3 N–H and O–H groups in total. The van der Waals surface area contributed by atoms with Crippen LogP contribution in [0.4, 0.5) is 5.69 Å². The van der Waals surface area contributed by atoms with Crippen molar-refractivity contribution in [3.63, 3.8) is 0 Å². The van der Waals surface area contributed by atoms with Crippen LogP contribution in [-0.4, -0.2) is 12.5 Å². The number of nitrogen functional groups attached to an aromatic ring is 1. The zero-order valence-electron chi connectivity index (χ0n) is 14.6. The standard InChI is InChI=1S/C20H26N2O2/c1-4-5-12-22-20(23)18-13-16(21)8-11-19(18)24-17-9-6-15(7-10-17)14(2)3/h6-11,13-14H,4-5,12,21H2,1-3H3,(H,22,23). The summed E-state index contributed by atoms with van der Waals surface area (Å²) in [5.41, 5.74) is 8.08. The molecule has 0 fully saturated rings. The smallest absolute Gasteiger partial charge is 0.255 e. The summed E-state index contributed by atoms with van der Waals surface area (Å²) in [7, 11) is 0. The van der Waals surface area contributed by atoms with E-state index in [9.17, 15) is 4.79 Å². The molecule has 0 aromatic heterocycles. The molecule has 2 aromatic rings. The van der Waals surface area contributed by atoms with Crippen LogP contribution in [0.15, 0.2) is 42.5 Å². The number of hydrogen-bond acceptors (Lipinski definition) is 3. The van der Waals surface area contributed by atoms with E-state index in [0.29, 0.717) is 35.2 Å². The van der Waals surface area contributed by atoms with Gasteiger partial charge < -0.3 is 15.8 Å². The third-order valence-corrected chi connectivity index (χ3v) is 3.84. The van der Waals surface area contributed by atoms with Crippen LogP contribution in [0.3, 0.4) is 0 Å². The van der Waals surface area contributed by atoms with Gasteiger partial charge in [0.2, 0.25) is 0 Å². The molecule has 0 saturated heterocycles. The molecule has 4 nitrogen and oxygen atoms in total. The fourth-order valence-electron chi connectivity index (χ4n) is 2.34. The topological polar surface area (TPSA) is 64.4 Å². The highest BCUT2D eigenvalue weighted by atomic mass is 16.5. The van der Waals surface area contributed by atoms with E-state index in [1.807, 2.05) is 24.3 Å². The molecule has 0 atom stereocenters. The SMILES string of the molecule is CCCCNC(=O)c1cc(N)ccc1Oc1ccc(C(C)C)cc1. The van der Waals surface area contributed by atoms with Crippen LogP contribution in [0.1, 0.15) is 55.5 Å². The molecule has 0 unspecified atom stereocenters. The van der Waals surface area contributed by atoms with Gasteiger partial charge in [0.05, 0.1) is 5.56 Å². The van der Waals surface area contributed by atoms with Crippen LogP contribution in [0.2, 0.25) is 0 Å². The second kappa shape index (κ2) is 8.39. The molecule has 4 heteroatoms. The van der Waals surface area contributed by atoms with E-state index in [0.717, 1.165) is 12.8 Å². The molecular formula is C20H26N2O2. The maximum atomic E-state index is 12.4. The van der Waals surface area contributed by atoms with Crippen molar-refractivity contribution in [2.75, 3.05) is 12.3 Å². The van der Waals surface area contributed by atoms with Gasteiger partial charge in [-0.2, -0.15) is 0 Å². The Morgan fingerprint density at radius 2 is 1.88 bits per heavy atom. The first-order valence-corrected chi connectivity index (χ1v) is 8.46. The summed E-state index contributed by atoms with van der Waals surface area (Å²) in [6.07, 6.45) is 1.98. The van der Waals surface area contributed by atoms with Crippen molar-refractivity contribution in [2.45, 2.75) is 39.5 Å². The molecular weight excluding hydrogens is 300 g/mol. The summed E-state index contributed by atoms with van der Waals surface area (Å²) < 4.78 is 5.91. The molecule has 1 amide bonds. The number of amides is 1. The number of ether oxygens (including phenoxy) is 1. The Kier molecular flexibility index (Phi) is 6.24. The third kappa shape index (κ3) is 4.75. The first kappa shape index (κ1) is 17.9. The van der Waals surface area contributed by atoms with Crippen LogP contribution in [0, 0.1) is 0 Å². The number of benzene rings is 2. The molecule has 2 rings (SSSR count). The first-order valence-electron chi connectivity index (χ1n) is 8.46. The van der Waals surface area contributed by atoms with Gasteiger partial charge >= 0.3 is 0 Å². The van der Waals surface area contributed by atoms with Crippen LogP contribution < -0.4 is 15.8 Å². The number of unbranched alkanes of at least 4 members (excludes halogenated alkanes) is 1. The van der Waals surface area contributed by atoms with Crippen LogP contribution in [0.25, 0.3) is 0 Å². The molecule has 0 heterocycles. The van der Waals surface area contributed by atoms with E-state index >= 15 is 0 Å². The van der Waals surface area contributed by atoms with Gasteiger partial charge in [-0.1, -0.05) is 39.3 Å². The van der Waals surface area contributed by atoms with Crippen LogP contribution >= 0.6 is 0 Å². The highest BCUT2D eigenvalue weighted by Gasteiger charge is 2.14. The molecule has 0 radical (unpaired) electrons. The van der Waals surface area contributed by atoms with Gasteiger partial charge in [0, 0.05) is 12.2 Å². The lowest BCUT2D eigenvalue weighted by molar-refractivity contribution is 0.0951. The van der Waals surface area contributed by atoms with E-state index in [-0.39, 0.29) is 5.91 Å². The van der Waals surface area contributed by atoms with Gasteiger partial charge in [-0.25, -0.2) is 0 Å². The average Bonchev–Trinajstić information content (AvgIpc) is 2.57. The maximum Gasteiger partial charge on any atom is 0.255 e. The Morgan fingerprint density at radius 1 is 1.17 bits per heavy atom. The lowest BCUT2D eigenvalue weighted by Gasteiger charge is -2.13. The zero-order chi connectivity index (χ0) is 17.5. The number of carbonyl (C=O) groups is 1. The Morgan fingerprint density at radius 3 is 2.50 bits per heavy atom. The van der Waals surface area contributed by atoms with Crippen molar-refractivity contribution in [3.8, 4) is 11.5 Å². The number of carbonyl (C=O) groups excluding carboxylic acids is 1. The summed E-state index contributed by atoms with van der Waals surface area (Å²) in [5, 5.41) is 2.90. The van der Waals surface area contributed by atoms with Crippen molar-refractivity contribution < 1.29 is 9.53 Å². The third-order valence-electron chi connectivity index (χ3n) is 3.84. The van der Waals surface area contributed by atoms with Crippen LogP contribution in [0.5, 0.6) is 11.5 Å². The van der Waals surface area contributed by atoms with Gasteiger partial charge in [0.1, 0.15) is 11.5 Å². The van der Waals surface area contributed by atoms with E-state index in [2.05, 4.69) is 26.1 Å². The Bertz CT molecular complexity index is 679. The lowest BCUT2D eigenvalue weighted by atomic mass is 10.0.